The smallest absolute Gasteiger partial charge is 0.255 e. The van der Waals surface area contributed by atoms with E-state index in [1.807, 2.05) is 0 Å². The third-order valence-electron chi connectivity index (χ3n) is 1.71. The van der Waals surface area contributed by atoms with E-state index in [1.54, 1.807) is 6.07 Å². The van der Waals surface area contributed by atoms with Crippen molar-refractivity contribution >= 4 is 44.4 Å². The van der Waals surface area contributed by atoms with Crippen LogP contribution in [-0.4, -0.2) is 16.9 Å². The SMILES string of the molecule is O=C(NCCCCI)c1ccoc1Br. The first-order chi connectivity index (χ1) is 6.75. The first-order valence-corrected chi connectivity index (χ1v) is 6.64. The van der Waals surface area contributed by atoms with Gasteiger partial charge in [0, 0.05) is 6.54 Å². The summed E-state index contributed by atoms with van der Waals surface area (Å²) in [4.78, 5) is 11.5. The van der Waals surface area contributed by atoms with Gasteiger partial charge in [-0.15, -0.1) is 0 Å². The molecule has 1 amide bonds. The average molecular weight is 372 g/mol. The Labute approximate surface area is 105 Å². The summed E-state index contributed by atoms with van der Waals surface area (Å²) in [6.45, 7) is 0.722. The zero-order valence-electron chi connectivity index (χ0n) is 7.56. The van der Waals surface area contributed by atoms with E-state index in [1.165, 1.54) is 6.26 Å². The van der Waals surface area contributed by atoms with Gasteiger partial charge in [0.05, 0.1) is 11.8 Å². The van der Waals surface area contributed by atoms with Gasteiger partial charge in [-0.05, 0) is 39.3 Å². The molecule has 1 heterocycles. The van der Waals surface area contributed by atoms with Crippen molar-refractivity contribution in [2.45, 2.75) is 12.8 Å². The number of hydrogen-bond donors (Lipinski definition) is 1. The Morgan fingerprint density at radius 1 is 1.57 bits per heavy atom. The highest BCUT2D eigenvalue weighted by atomic mass is 127. The van der Waals surface area contributed by atoms with Crippen molar-refractivity contribution in [2.24, 2.45) is 0 Å². The topological polar surface area (TPSA) is 42.2 Å². The molecule has 0 aliphatic heterocycles. The summed E-state index contributed by atoms with van der Waals surface area (Å²) in [5, 5.41) is 2.83. The van der Waals surface area contributed by atoms with Crippen molar-refractivity contribution < 1.29 is 9.21 Å². The number of alkyl halides is 1. The second-order valence-electron chi connectivity index (χ2n) is 2.76. The number of carbonyl (C=O) groups excluding carboxylic acids is 1. The van der Waals surface area contributed by atoms with Gasteiger partial charge < -0.3 is 9.73 Å². The van der Waals surface area contributed by atoms with Gasteiger partial charge in [-0.2, -0.15) is 0 Å². The highest BCUT2D eigenvalue weighted by molar-refractivity contribution is 14.1. The van der Waals surface area contributed by atoms with Crippen LogP contribution in [0.15, 0.2) is 21.4 Å². The van der Waals surface area contributed by atoms with Crippen molar-refractivity contribution in [1.29, 1.82) is 0 Å². The van der Waals surface area contributed by atoms with Gasteiger partial charge in [0.1, 0.15) is 0 Å². The normalized spacial score (nSPS) is 10.1. The van der Waals surface area contributed by atoms with Crippen LogP contribution in [0.3, 0.4) is 0 Å². The maximum Gasteiger partial charge on any atom is 0.255 e. The summed E-state index contributed by atoms with van der Waals surface area (Å²) in [5.41, 5.74) is 0.555. The van der Waals surface area contributed by atoms with E-state index in [0.29, 0.717) is 10.2 Å². The Morgan fingerprint density at radius 3 is 2.93 bits per heavy atom. The third-order valence-corrected chi connectivity index (χ3v) is 3.09. The van der Waals surface area contributed by atoms with Crippen molar-refractivity contribution in [2.75, 3.05) is 11.0 Å². The maximum absolute atomic E-state index is 11.5. The summed E-state index contributed by atoms with van der Waals surface area (Å²) in [7, 11) is 0. The largest absolute Gasteiger partial charge is 0.457 e. The summed E-state index contributed by atoms with van der Waals surface area (Å²) < 4.78 is 6.59. The number of amides is 1. The highest BCUT2D eigenvalue weighted by Gasteiger charge is 2.11. The van der Waals surface area contributed by atoms with Crippen LogP contribution in [0.25, 0.3) is 0 Å². The first-order valence-electron chi connectivity index (χ1n) is 4.33. The molecule has 0 aromatic carbocycles. The van der Waals surface area contributed by atoms with E-state index >= 15 is 0 Å². The fourth-order valence-electron chi connectivity index (χ4n) is 0.972. The molecule has 0 atom stereocenters. The third kappa shape index (κ3) is 3.61. The van der Waals surface area contributed by atoms with Crippen LogP contribution in [-0.2, 0) is 0 Å². The van der Waals surface area contributed by atoms with E-state index in [-0.39, 0.29) is 5.91 Å². The van der Waals surface area contributed by atoms with E-state index in [0.717, 1.165) is 23.8 Å². The molecular weight excluding hydrogens is 361 g/mol. The van der Waals surface area contributed by atoms with E-state index < -0.39 is 0 Å². The summed E-state index contributed by atoms with van der Waals surface area (Å²) in [6, 6.07) is 1.65. The Bertz CT molecular complexity index is 301. The molecule has 0 bridgehead atoms. The van der Waals surface area contributed by atoms with Crippen molar-refractivity contribution in [3.63, 3.8) is 0 Å². The van der Waals surface area contributed by atoms with Gasteiger partial charge in [0.15, 0.2) is 4.67 Å². The van der Waals surface area contributed by atoms with Crippen molar-refractivity contribution in [3.8, 4) is 0 Å². The summed E-state index contributed by atoms with van der Waals surface area (Å²) in [5.74, 6) is -0.0842. The van der Waals surface area contributed by atoms with Gasteiger partial charge in [0.2, 0.25) is 0 Å². The fourth-order valence-corrected chi connectivity index (χ4v) is 1.93. The molecular formula is C9H11BrINO2. The summed E-state index contributed by atoms with van der Waals surface area (Å²) in [6.07, 6.45) is 3.64. The molecule has 1 N–H and O–H groups in total. The quantitative estimate of drug-likeness (QED) is 0.491. The minimum Gasteiger partial charge on any atom is -0.457 e. The molecule has 1 aromatic heterocycles. The van der Waals surface area contributed by atoms with Crippen LogP contribution in [0, 0.1) is 0 Å². The number of nitrogens with one attached hydrogen (secondary N) is 1. The predicted molar refractivity (Wildman–Crippen MR) is 66.9 cm³/mol. The molecule has 1 aromatic rings. The molecule has 78 valence electrons. The van der Waals surface area contributed by atoms with Gasteiger partial charge in [-0.25, -0.2) is 0 Å². The monoisotopic (exact) mass is 371 g/mol. The Kier molecular flexibility index (Phi) is 5.54. The van der Waals surface area contributed by atoms with Crippen molar-refractivity contribution in [3.05, 3.63) is 22.6 Å². The lowest BCUT2D eigenvalue weighted by molar-refractivity contribution is 0.0951. The molecule has 0 spiro atoms. The molecule has 0 aliphatic carbocycles. The van der Waals surface area contributed by atoms with Crippen molar-refractivity contribution in [1.82, 2.24) is 5.32 Å². The lowest BCUT2D eigenvalue weighted by Gasteiger charge is -2.02. The number of carbonyl (C=O) groups is 1. The van der Waals surface area contributed by atoms with Crippen LogP contribution in [0.2, 0.25) is 0 Å². The standard InChI is InChI=1S/C9H11BrINO2/c10-8-7(3-6-14-8)9(13)12-5-2-1-4-11/h3,6H,1-2,4-5H2,(H,12,13). The minimum atomic E-state index is -0.0842. The zero-order chi connectivity index (χ0) is 10.4. The maximum atomic E-state index is 11.5. The lowest BCUT2D eigenvalue weighted by Crippen LogP contribution is -2.24. The van der Waals surface area contributed by atoms with Crippen LogP contribution in [0.4, 0.5) is 0 Å². The molecule has 5 heteroatoms. The molecule has 0 saturated carbocycles. The average Bonchev–Trinajstić information content (AvgIpc) is 2.59. The fraction of sp³-hybridized carbons (Fsp3) is 0.444. The molecule has 0 aliphatic rings. The van der Waals surface area contributed by atoms with E-state index in [2.05, 4.69) is 43.8 Å². The number of furan rings is 1. The lowest BCUT2D eigenvalue weighted by atomic mass is 10.3. The van der Waals surface area contributed by atoms with Crippen LogP contribution < -0.4 is 5.32 Å². The Balaban J connectivity index is 2.32. The van der Waals surface area contributed by atoms with Crippen LogP contribution in [0.1, 0.15) is 23.2 Å². The van der Waals surface area contributed by atoms with Gasteiger partial charge in [-0.3, -0.25) is 4.79 Å². The highest BCUT2D eigenvalue weighted by Crippen LogP contribution is 2.16. The van der Waals surface area contributed by atoms with Crippen LogP contribution in [0.5, 0.6) is 0 Å². The summed E-state index contributed by atoms with van der Waals surface area (Å²) >= 11 is 5.49. The van der Waals surface area contributed by atoms with Gasteiger partial charge in [0.25, 0.3) is 5.91 Å². The number of hydrogen-bond acceptors (Lipinski definition) is 2. The first kappa shape index (κ1) is 12.0. The molecule has 1 rings (SSSR count). The van der Waals surface area contributed by atoms with Crippen LogP contribution >= 0.6 is 38.5 Å². The molecule has 14 heavy (non-hydrogen) atoms. The molecule has 0 unspecified atom stereocenters. The molecule has 0 radical (unpaired) electrons. The second kappa shape index (κ2) is 6.44. The van der Waals surface area contributed by atoms with Gasteiger partial charge >= 0.3 is 0 Å². The molecule has 0 fully saturated rings. The number of halogens is 2. The minimum absolute atomic E-state index is 0.0842. The van der Waals surface area contributed by atoms with E-state index in [4.69, 9.17) is 4.42 Å². The number of rotatable bonds is 5. The van der Waals surface area contributed by atoms with E-state index in [9.17, 15) is 4.79 Å². The predicted octanol–water partition coefficient (Wildman–Crippen LogP) is 2.99. The Hall–Kier alpha value is -0.0400. The number of unbranched alkanes of at least 4 members (excludes halogenated alkanes) is 1. The Morgan fingerprint density at radius 2 is 2.36 bits per heavy atom. The second-order valence-corrected chi connectivity index (χ2v) is 4.56. The molecule has 0 saturated heterocycles. The van der Waals surface area contributed by atoms with Gasteiger partial charge in [-0.1, -0.05) is 22.6 Å². The molecule has 3 nitrogen and oxygen atoms in total. The zero-order valence-corrected chi connectivity index (χ0v) is 11.3.